The third-order valence-electron chi connectivity index (χ3n) is 2.99. The van der Waals surface area contributed by atoms with Crippen molar-refractivity contribution in [3.8, 4) is 5.75 Å². The molecule has 0 saturated heterocycles. The van der Waals surface area contributed by atoms with Gasteiger partial charge in [-0.05, 0) is 38.1 Å². The van der Waals surface area contributed by atoms with Crippen LogP contribution in [0.2, 0.25) is 0 Å². The number of ether oxygens (including phenoxy) is 1. The van der Waals surface area contributed by atoms with E-state index in [9.17, 15) is 4.79 Å². The monoisotopic (exact) mass is 281 g/mol. The van der Waals surface area contributed by atoms with Gasteiger partial charge in [-0.3, -0.25) is 4.79 Å². The molecule has 0 amide bonds. The molecule has 0 heterocycles. The molecule has 21 heavy (non-hydrogen) atoms. The van der Waals surface area contributed by atoms with Gasteiger partial charge in [-0.25, -0.2) is 0 Å². The molecule has 0 aliphatic carbocycles. The number of anilines is 1. The van der Waals surface area contributed by atoms with E-state index < -0.39 is 0 Å². The van der Waals surface area contributed by atoms with Crippen molar-refractivity contribution in [2.45, 2.75) is 13.8 Å². The highest BCUT2D eigenvalue weighted by molar-refractivity contribution is 6.04. The normalized spacial score (nSPS) is 10.6. The molecule has 0 radical (unpaired) electrons. The van der Waals surface area contributed by atoms with Gasteiger partial charge in [-0.15, -0.1) is 0 Å². The summed E-state index contributed by atoms with van der Waals surface area (Å²) in [6.45, 7) is 4.60. The van der Waals surface area contributed by atoms with Gasteiger partial charge in [-0.2, -0.15) is 0 Å². The fourth-order valence-corrected chi connectivity index (χ4v) is 1.84. The average Bonchev–Trinajstić information content (AvgIpc) is 2.50. The third-order valence-corrected chi connectivity index (χ3v) is 2.99. The van der Waals surface area contributed by atoms with Crippen LogP contribution >= 0.6 is 0 Å². The minimum atomic E-state index is -0.0200. The van der Waals surface area contributed by atoms with Crippen molar-refractivity contribution in [2.75, 3.05) is 11.9 Å². The van der Waals surface area contributed by atoms with Gasteiger partial charge < -0.3 is 10.1 Å². The van der Waals surface area contributed by atoms with Crippen molar-refractivity contribution in [2.24, 2.45) is 0 Å². The number of nitrogens with one attached hydrogen (secondary N) is 1. The summed E-state index contributed by atoms with van der Waals surface area (Å²) in [4.78, 5) is 11.9. The maximum atomic E-state index is 11.9. The molecule has 0 aliphatic rings. The molecule has 0 aliphatic heterocycles. The minimum absolute atomic E-state index is 0.0200. The molecular weight excluding hydrogens is 262 g/mol. The molecule has 108 valence electrons. The van der Waals surface area contributed by atoms with E-state index in [1.54, 1.807) is 6.20 Å². The standard InChI is InChI=1S/C18H19NO2/c1-3-21-17-10-8-16(9-11-17)19-13-12-18(20)15-6-4-14(2)5-7-15/h4-13,19H,3H2,1-2H3. The topological polar surface area (TPSA) is 38.3 Å². The number of benzene rings is 2. The maximum absolute atomic E-state index is 11.9. The number of hydrogen-bond donors (Lipinski definition) is 1. The van der Waals surface area contributed by atoms with Crippen LogP contribution in [0.5, 0.6) is 5.75 Å². The first-order valence-electron chi connectivity index (χ1n) is 6.96. The van der Waals surface area contributed by atoms with Crippen molar-refractivity contribution >= 4 is 11.5 Å². The Labute approximate surface area is 125 Å². The molecular formula is C18H19NO2. The second-order valence-electron chi connectivity index (χ2n) is 4.67. The highest BCUT2D eigenvalue weighted by atomic mass is 16.5. The van der Waals surface area contributed by atoms with E-state index in [0.717, 1.165) is 17.0 Å². The van der Waals surface area contributed by atoms with Gasteiger partial charge in [0.15, 0.2) is 5.78 Å². The zero-order valence-electron chi connectivity index (χ0n) is 12.3. The summed E-state index contributed by atoms with van der Waals surface area (Å²) in [6.07, 6.45) is 3.18. The average molecular weight is 281 g/mol. The largest absolute Gasteiger partial charge is 0.494 e. The van der Waals surface area contributed by atoms with Crippen LogP contribution in [0.1, 0.15) is 22.8 Å². The van der Waals surface area contributed by atoms with Crippen LogP contribution in [0.4, 0.5) is 5.69 Å². The quantitative estimate of drug-likeness (QED) is 0.637. The van der Waals surface area contributed by atoms with Crippen molar-refractivity contribution in [1.82, 2.24) is 0 Å². The number of aryl methyl sites for hydroxylation is 1. The Morgan fingerprint density at radius 1 is 1.10 bits per heavy atom. The molecule has 3 heteroatoms. The first kappa shape index (κ1) is 14.9. The van der Waals surface area contributed by atoms with Gasteiger partial charge in [0.1, 0.15) is 5.75 Å². The van der Waals surface area contributed by atoms with E-state index in [-0.39, 0.29) is 5.78 Å². The third kappa shape index (κ3) is 4.49. The molecule has 2 aromatic rings. The van der Waals surface area contributed by atoms with Gasteiger partial charge in [0.2, 0.25) is 0 Å². The molecule has 0 fully saturated rings. The first-order valence-corrected chi connectivity index (χ1v) is 6.96. The van der Waals surface area contributed by atoms with Gasteiger partial charge >= 0.3 is 0 Å². The predicted molar refractivity (Wildman–Crippen MR) is 85.9 cm³/mol. The van der Waals surface area contributed by atoms with E-state index in [1.165, 1.54) is 6.08 Å². The van der Waals surface area contributed by atoms with Crippen LogP contribution in [0.15, 0.2) is 60.8 Å². The lowest BCUT2D eigenvalue weighted by Crippen LogP contribution is -1.96. The van der Waals surface area contributed by atoms with Crippen molar-refractivity contribution in [3.05, 3.63) is 71.9 Å². The van der Waals surface area contributed by atoms with Crippen LogP contribution in [0, 0.1) is 6.92 Å². The predicted octanol–water partition coefficient (Wildman–Crippen LogP) is 4.20. The maximum Gasteiger partial charge on any atom is 0.187 e. The Bertz CT molecular complexity index is 613. The lowest BCUT2D eigenvalue weighted by Gasteiger charge is -2.04. The summed E-state index contributed by atoms with van der Waals surface area (Å²) in [5.74, 6) is 0.816. The summed E-state index contributed by atoms with van der Waals surface area (Å²) in [7, 11) is 0. The van der Waals surface area contributed by atoms with Crippen LogP contribution in [0.25, 0.3) is 0 Å². The lowest BCUT2D eigenvalue weighted by atomic mass is 10.1. The zero-order chi connectivity index (χ0) is 15.1. The number of carbonyl (C=O) groups is 1. The van der Waals surface area contributed by atoms with Crippen LogP contribution in [-0.4, -0.2) is 12.4 Å². The lowest BCUT2D eigenvalue weighted by molar-refractivity contribution is 0.104. The molecule has 0 aromatic heterocycles. The molecule has 2 rings (SSSR count). The fraction of sp³-hybridized carbons (Fsp3) is 0.167. The van der Waals surface area contributed by atoms with E-state index in [2.05, 4.69) is 5.32 Å². The summed E-state index contributed by atoms with van der Waals surface area (Å²) >= 11 is 0. The van der Waals surface area contributed by atoms with Crippen LogP contribution in [-0.2, 0) is 0 Å². The number of rotatable bonds is 6. The smallest absolute Gasteiger partial charge is 0.187 e. The summed E-state index contributed by atoms with van der Waals surface area (Å²) in [5, 5.41) is 3.07. The molecule has 2 aromatic carbocycles. The second-order valence-corrected chi connectivity index (χ2v) is 4.67. The van der Waals surface area contributed by atoms with Gasteiger partial charge in [0, 0.05) is 23.5 Å². The molecule has 0 bridgehead atoms. The first-order chi connectivity index (χ1) is 10.2. The minimum Gasteiger partial charge on any atom is -0.494 e. The fourth-order valence-electron chi connectivity index (χ4n) is 1.84. The Kier molecular flexibility index (Phi) is 5.16. The van der Waals surface area contributed by atoms with Crippen LogP contribution < -0.4 is 10.1 Å². The van der Waals surface area contributed by atoms with Crippen molar-refractivity contribution < 1.29 is 9.53 Å². The SMILES string of the molecule is CCOc1ccc(NC=CC(=O)c2ccc(C)cc2)cc1. The summed E-state index contributed by atoms with van der Waals surface area (Å²) in [5.41, 5.74) is 2.74. The van der Waals surface area contributed by atoms with Crippen molar-refractivity contribution in [3.63, 3.8) is 0 Å². The molecule has 1 N–H and O–H groups in total. The highest BCUT2D eigenvalue weighted by Gasteiger charge is 2.00. The Morgan fingerprint density at radius 2 is 1.76 bits per heavy atom. The van der Waals surface area contributed by atoms with Gasteiger partial charge in [0.05, 0.1) is 6.61 Å². The van der Waals surface area contributed by atoms with E-state index in [4.69, 9.17) is 4.74 Å². The molecule has 0 atom stereocenters. The van der Waals surface area contributed by atoms with Crippen LogP contribution in [0.3, 0.4) is 0 Å². The van der Waals surface area contributed by atoms with E-state index >= 15 is 0 Å². The Morgan fingerprint density at radius 3 is 2.38 bits per heavy atom. The number of allylic oxidation sites excluding steroid dienone is 1. The summed E-state index contributed by atoms with van der Waals surface area (Å²) in [6, 6.07) is 15.1. The van der Waals surface area contributed by atoms with E-state index in [1.807, 2.05) is 62.4 Å². The Hall–Kier alpha value is -2.55. The number of ketones is 1. The van der Waals surface area contributed by atoms with Gasteiger partial charge in [0.25, 0.3) is 0 Å². The Balaban J connectivity index is 1.92. The molecule has 0 saturated carbocycles. The molecule has 3 nitrogen and oxygen atoms in total. The zero-order valence-corrected chi connectivity index (χ0v) is 12.3. The number of carbonyl (C=O) groups excluding carboxylic acids is 1. The van der Waals surface area contributed by atoms with E-state index in [0.29, 0.717) is 12.2 Å². The summed E-state index contributed by atoms with van der Waals surface area (Å²) < 4.78 is 5.37. The molecule has 0 spiro atoms. The molecule has 0 unspecified atom stereocenters. The highest BCUT2D eigenvalue weighted by Crippen LogP contribution is 2.15. The number of hydrogen-bond acceptors (Lipinski definition) is 3. The van der Waals surface area contributed by atoms with Gasteiger partial charge in [-0.1, -0.05) is 29.8 Å². The second kappa shape index (κ2) is 7.29. The van der Waals surface area contributed by atoms with Crippen molar-refractivity contribution in [1.29, 1.82) is 0 Å².